The van der Waals surface area contributed by atoms with Crippen molar-refractivity contribution in [3.05, 3.63) is 65.5 Å². The molecule has 0 aliphatic carbocycles. The van der Waals surface area contributed by atoms with Gasteiger partial charge in [-0.15, -0.1) is 0 Å². The molecule has 0 bridgehead atoms. The van der Waals surface area contributed by atoms with E-state index in [4.69, 9.17) is 15.4 Å². The van der Waals surface area contributed by atoms with Crippen LogP contribution in [0.25, 0.3) is 0 Å². The zero-order valence-corrected chi connectivity index (χ0v) is 12.2. The summed E-state index contributed by atoms with van der Waals surface area (Å²) < 4.78 is 17.6. The van der Waals surface area contributed by atoms with E-state index in [1.54, 1.807) is 6.20 Å². The molecule has 0 N–H and O–H groups in total. The molecule has 0 radical (unpaired) electrons. The second kappa shape index (κ2) is 6.23. The van der Waals surface area contributed by atoms with Gasteiger partial charge in [-0.25, -0.2) is 4.21 Å². The van der Waals surface area contributed by atoms with Crippen LogP contribution in [0.2, 0.25) is 0 Å². The van der Waals surface area contributed by atoms with E-state index in [0.717, 1.165) is 16.8 Å². The van der Waals surface area contributed by atoms with Crippen LogP contribution in [0.3, 0.4) is 0 Å². The van der Waals surface area contributed by atoms with Crippen molar-refractivity contribution >= 4 is 20.0 Å². The van der Waals surface area contributed by atoms with Gasteiger partial charge in [-0.1, -0.05) is 36.4 Å². The van der Waals surface area contributed by atoms with Gasteiger partial charge in [0.25, 0.3) is 0 Å². The first kappa shape index (κ1) is 14.1. The molecule has 1 aromatic heterocycles. The van der Waals surface area contributed by atoms with Gasteiger partial charge < -0.3 is 0 Å². The van der Waals surface area contributed by atoms with E-state index in [-0.39, 0.29) is 12.4 Å². The Morgan fingerprint density at radius 2 is 1.95 bits per heavy atom. The van der Waals surface area contributed by atoms with E-state index >= 15 is 0 Å². The maximum atomic E-state index is 12.2. The molecule has 0 aliphatic heterocycles. The Kier molecular flexibility index (Phi) is 4.63. The maximum absolute atomic E-state index is 12.2. The number of rotatable bonds is 5. The quantitative estimate of drug-likeness (QED) is 0.850. The smallest absolute Gasteiger partial charge is 0.148 e. The summed E-state index contributed by atoms with van der Waals surface area (Å²) in [6.07, 6.45) is 1.72. The Hall–Kier alpha value is -1.30. The van der Waals surface area contributed by atoms with Crippen molar-refractivity contribution in [2.75, 3.05) is 0 Å². The highest BCUT2D eigenvalue weighted by Crippen LogP contribution is 2.12. The highest BCUT2D eigenvalue weighted by atomic mass is 32.8. The summed E-state index contributed by atoms with van der Waals surface area (Å²) >= 11 is 5.05. The number of aromatic nitrogens is 1. The third-order valence-electron chi connectivity index (χ3n) is 2.70. The van der Waals surface area contributed by atoms with Crippen molar-refractivity contribution < 1.29 is 8.39 Å². The highest BCUT2D eigenvalue weighted by Gasteiger charge is 2.09. The molecule has 1 unspecified atom stereocenters. The number of pyridine rings is 1. The lowest BCUT2D eigenvalue weighted by Crippen LogP contribution is -2.08. The largest absolute Gasteiger partial charge is 0.285 e. The molecule has 2 aromatic rings. The summed E-state index contributed by atoms with van der Waals surface area (Å²) in [5.74, 6) is 0.252. The Bertz CT molecular complexity index is 640. The lowest BCUT2D eigenvalue weighted by atomic mass is 10.2. The van der Waals surface area contributed by atoms with Crippen molar-refractivity contribution in [3.8, 4) is 0 Å². The second-order valence-corrected chi connectivity index (χ2v) is 7.36. The molecule has 1 atom stereocenters. The fourth-order valence-corrected chi connectivity index (χ4v) is 3.19. The van der Waals surface area contributed by atoms with Gasteiger partial charge in [-0.05, 0) is 18.6 Å². The minimum Gasteiger partial charge on any atom is -0.285 e. The SMILES string of the molecule is Cc1ncccc1COS(=O)(=S)Cc1ccccc1. The van der Waals surface area contributed by atoms with Crippen LogP contribution in [-0.4, -0.2) is 9.19 Å². The molecular formula is C14H15NO2S2. The molecule has 0 aliphatic rings. The first-order valence-electron chi connectivity index (χ1n) is 5.88. The number of aryl methyl sites for hydroxylation is 1. The lowest BCUT2D eigenvalue weighted by molar-refractivity contribution is 0.333. The van der Waals surface area contributed by atoms with Crippen molar-refractivity contribution in [1.29, 1.82) is 0 Å². The predicted molar refractivity (Wildman–Crippen MR) is 79.4 cm³/mol. The number of benzene rings is 1. The zero-order chi connectivity index (χ0) is 13.7. The molecule has 2 rings (SSSR count). The summed E-state index contributed by atoms with van der Waals surface area (Å²) in [6.45, 7) is 2.12. The van der Waals surface area contributed by atoms with Crippen LogP contribution >= 0.6 is 0 Å². The summed E-state index contributed by atoms with van der Waals surface area (Å²) in [5.41, 5.74) is 2.70. The maximum Gasteiger partial charge on any atom is 0.148 e. The number of nitrogens with zero attached hydrogens (tertiary/aromatic N) is 1. The molecule has 100 valence electrons. The molecule has 19 heavy (non-hydrogen) atoms. The predicted octanol–water partition coefficient (Wildman–Crippen LogP) is 2.77. The molecule has 0 saturated heterocycles. The van der Waals surface area contributed by atoms with Crippen molar-refractivity contribution in [1.82, 2.24) is 4.98 Å². The van der Waals surface area contributed by atoms with Gasteiger partial charge in [-0.3, -0.25) is 9.17 Å². The molecule has 0 fully saturated rings. The summed E-state index contributed by atoms with van der Waals surface area (Å²) in [6, 6.07) is 13.2. The first-order chi connectivity index (χ1) is 9.07. The molecule has 3 nitrogen and oxygen atoms in total. The van der Waals surface area contributed by atoms with Crippen LogP contribution in [-0.2, 0) is 36.5 Å². The zero-order valence-electron chi connectivity index (χ0n) is 10.6. The molecule has 0 amide bonds. The van der Waals surface area contributed by atoms with Crippen molar-refractivity contribution in [2.24, 2.45) is 0 Å². The van der Waals surface area contributed by atoms with Gasteiger partial charge in [0.1, 0.15) is 8.77 Å². The minimum atomic E-state index is -2.74. The van der Waals surface area contributed by atoms with Crippen LogP contribution in [0.4, 0.5) is 0 Å². The van der Waals surface area contributed by atoms with Gasteiger partial charge in [0.15, 0.2) is 0 Å². The van der Waals surface area contributed by atoms with Crippen LogP contribution in [0.15, 0.2) is 48.7 Å². The summed E-state index contributed by atoms with van der Waals surface area (Å²) in [5, 5.41) is 0. The minimum absolute atomic E-state index is 0.231. The van der Waals surface area contributed by atoms with Gasteiger partial charge in [0.2, 0.25) is 0 Å². The third kappa shape index (κ3) is 4.38. The molecule has 5 heteroatoms. The van der Waals surface area contributed by atoms with Gasteiger partial charge in [0, 0.05) is 28.6 Å². The van der Waals surface area contributed by atoms with E-state index in [1.807, 2.05) is 49.4 Å². The van der Waals surface area contributed by atoms with E-state index < -0.39 is 8.77 Å². The molecule has 1 aromatic carbocycles. The second-order valence-electron chi connectivity index (χ2n) is 4.20. The van der Waals surface area contributed by atoms with Gasteiger partial charge in [-0.2, -0.15) is 0 Å². The van der Waals surface area contributed by atoms with Gasteiger partial charge >= 0.3 is 0 Å². The fourth-order valence-electron chi connectivity index (χ4n) is 1.64. The van der Waals surface area contributed by atoms with E-state index in [2.05, 4.69) is 4.98 Å². The Morgan fingerprint density at radius 1 is 1.21 bits per heavy atom. The van der Waals surface area contributed by atoms with Crippen molar-refractivity contribution in [3.63, 3.8) is 0 Å². The number of hydrogen-bond donors (Lipinski definition) is 0. The first-order valence-corrected chi connectivity index (χ1v) is 8.46. The Morgan fingerprint density at radius 3 is 2.63 bits per heavy atom. The highest BCUT2D eigenvalue weighted by molar-refractivity contribution is 8.29. The lowest BCUT2D eigenvalue weighted by Gasteiger charge is -2.09. The standard InChI is InChI=1S/C14H15NO2S2/c1-12-14(8-5-9-15-12)10-17-19(16,18)11-13-6-3-2-4-7-13/h2-9H,10-11H2,1H3. The molecule has 0 spiro atoms. The van der Waals surface area contributed by atoms with Crippen LogP contribution in [0.5, 0.6) is 0 Å². The van der Waals surface area contributed by atoms with Crippen LogP contribution in [0, 0.1) is 6.92 Å². The van der Waals surface area contributed by atoms with Gasteiger partial charge in [0.05, 0.1) is 12.4 Å². The molecule has 1 heterocycles. The normalized spacial score (nSPS) is 13.9. The van der Waals surface area contributed by atoms with E-state index in [1.165, 1.54) is 0 Å². The fraction of sp³-hybridized carbons (Fsp3) is 0.214. The summed E-state index contributed by atoms with van der Waals surface area (Å²) in [4.78, 5) is 4.16. The van der Waals surface area contributed by atoms with Crippen molar-refractivity contribution in [2.45, 2.75) is 19.3 Å². The Labute approximate surface area is 118 Å². The van der Waals surface area contributed by atoms with E-state index in [0.29, 0.717) is 0 Å². The number of hydrogen-bond acceptors (Lipinski definition) is 4. The topological polar surface area (TPSA) is 39.2 Å². The Balaban J connectivity index is 2.01. The van der Waals surface area contributed by atoms with Crippen LogP contribution < -0.4 is 0 Å². The monoisotopic (exact) mass is 293 g/mol. The summed E-state index contributed by atoms with van der Waals surface area (Å²) in [7, 11) is -2.74. The van der Waals surface area contributed by atoms with Crippen LogP contribution in [0.1, 0.15) is 16.8 Å². The van der Waals surface area contributed by atoms with E-state index in [9.17, 15) is 4.21 Å². The average molecular weight is 293 g/mol. The average Bonchev–Trinajstić information content (AvgIpc) is 2.38. The third-order valence-corrected chi connectivity index (χ3v) is 4.50. The molecular weight excluding hydrogens is 278 g/mol. The molecule has 0 saturated carbocycles.